The van der Waals surface area contributed by atoms with Crippen LogP contribution in [0.25, 0.3) is 0 Å². The Hall–Kier alpha value is -1.20. The molecule has 0 aromatic heterocycles. The van der Waals surface area contributed by atoms with Gasteiger partial charge in [0.2, 0.25) is 6.29 Å². The lowest BCUT2D eigenvalue weighted by Gasteiger charge is -2.53. The Labute approximate surface area is 164 Å². The summed E-state index contributed by atoms with van der Waals surface area (Å²) in [7, 11) is -0.547. The van der Waals surface area contributed by atoms with Crippen LogP contribution in [0.1, 0.15) is 33.3 Å². The highest BCUT2D eigenvalue weighted by molar-refractivity contribution is 6.62. The monoisotopic (exact) mass is 396 g/mol. The van der Waals surface area contributed by atoms with Gasteiger partial charge in [-0.05, 0) is 51.7 Å². The summed E-state index contributed by atoms with van der Waals surface area (Å²) in [4.78, 5) is 0. The lowest BCUT2D eigenvalue weighted by molar-refractivity contribution is -0.332. The Balaban J connectivity index is 1.75. The average Bonchev–Trinajstić information content (AvgIpc) is 2.83. The topological polar surface area (TPSA) is 129 Å². The molecule has 1 heterocycles. The van der Waals surface area contributed by atoms with Crippen molar-refractivity contribution in [1.29, 1.82) is 0 Å². The minimum absolute atomic E-state index is 0.284. The Morgan fingerprint density at radius 1 is 1.14 bits per heavy atom. The quantitative estimate of drug-likeness (QED) is 0.319. The average molecular weight is 396 g/mol. The smallest absolute Gasteiger partial charge is 0.462 e. The molecule has 8 nitrogen and oxygen atoms in total. The van der Waals surface area contributed by atoms with Crippen molar-refractivity contribution in [2.75, 3.05) is 6.61 Å². The van der Waals surface area contributed by atoms with Crippen LogP contribution in [0, 0.1) is 12.8 Å². The number of hydrogen-bond donors (Lipinski definition) is 5. The summed E-state index contributed by atoms with van der Waals surface area (Å²) >= 11 is 0. The number of aliphatic hydroxyl groups excluding tert-OH is 4. The van der Waals surface area contributed by atoms with Gasteiger partial charge in [-0.2, -0.15) is 0 Å². The number of aryl methyl sites for hydroxylation is 1. The maximum Gasteiger partial charge on any atom is 0.494 e. The van der Waals surface area contributed by atoms with Crippen molar-refractivity contribution in [1.82, 2.24) is 0 Å². The van der Waals surface area contributed by atoms with Gasteiger partial charge in [0, 0.05) is 5.92 Å². The number of ether oxygens (including phenoxy) is 1. The van der Waals surface area contributed by atoms with E-state index in [-0.39, 0.29) is 5.75 Å². The Bertz CT molecular complexity index is 723. The molecule has 1 saturated heterocycles. The molecule has 1 aliphatic heterocycles. The molecule has 0 amide bonds. The van der Waals surface area contributed by atoms with Gasteiger partial charge in [-0.3, -0.25) is 0 Å². The fourth-order valence-corrected chi connectivity index (χ4v) is 3.60. The lowest BCUT2D eigenvalue weighted by atomic mass is 9.64. The van der Waals surface area contributed by atoms with E-state index in [2.05, 4.69) is 0 Å². The molecular formula is C19H29BO8. The van der Waals surface area contributed by atoms with Crippen LogP contribution < -0.4 is 10.2 Å². The van der Waals surface area contributed by atoms with Crippen LogP contribution in [0.5, 0.6) is 5.75 Å². The molecule has 2 fully saturated rings. The molecule has 5 atom stereocenters. The van der Waals surface area contributed by atoms with E-state index in [9.17, 15) is 25.5 Å². The van der Waals surface area contributed by atoms with Gasteiger partial charge < -0.3 is 39.6 Å². The minimum atomic E-state index is -2.16. The molecule has 3 rings (SSSR count). The zero-order valence-electron chi connectivity index (χ0n) is 16.8. The molecule has 9 heteroatoms. The van der Waals surface area contributed by atoms with Gasteiger partial charge in [0.1, 0.15) is 11.9 Å². The minimum Gasteiger partial charge on any atom is -0.462 e. The highest BCUT2D eigenvalue weighted by Gasteiger charge is 2.65. The highest BCUT2D eigenvalue weighted by atomic mass is 16.7. The zero-order valence-corrected chi connectivity index (χ0v) is 16.8. The van der Waals surface area contributed by atoms with E-state index in [1.54, 1.807) is 25.1 Å². The maximum atomic E-state index is 10.5. The van der Waals surface area contributed by atoms with E-state index in [0.29, 0.717) is 5.56 Å². The van der Waals surface area contributed by atoms with Gasteiger partial charge in [-0.1, -0.05) is 12.1 Å². The molecular weight excluding hydrogens is 367 g/mol. The molecule has 2 aliphatic rings. The van der Waals surface area contributed by atoms with Gasteiger partial charge in [-0.25, -0.2) is 0 Å². The van der Waals surface area contributed by atoms with Gasteiger partial charge in [0.05, 0.1) is 23.9 Å². The standard InChI is InChI=1S/C19H29BO8/c1-10-8-11(20-27-17(2,3)18(4,5)28-20)6-7-13(10)26-16(24)19(25)12(9-21)14(22)15(19)23/h6-8,12,14-16,21-25H,9H2,1-5H3. The van der Waals surface area contributed by atoms with E-state index >= 15 is 0 Å². The first-order chi connectivity index (χ1) is 12.8. The predicted molar refractivity (Wildman–Crippen MR) is 101 cm³/mol. The van der Waals surface area contributed by atoms with Crippen LogP contribution in [-0.4, -0.2) is 74.6 Å². The zero-order chi connectivity index (χ0) is 21.1. The first kappa shape index (κ1) is 21.5. The van der Waals surface area contributed by atoms with E-state index < -0.39 is 54.9 Å². The first-order valence-electron chi connectivity index (χ1n) is 9.35. The van der Waals surface area contributed by atoms with E-state index in [1.807, 2.05) is 27.7 Å². The van der Waals surface area contributed by atoms with Crippen molar-refractivity contribution >= 4 is 12.6 Å². The summed E-state index contributed by atoms with van der Waals surface area (Å²) in [5, 5.41) is 49.6. The van der Waals surface area contributed by atoms with Crippen molar-refractivity contribution in [3.63, 3.8) is 0 Å². The van der Waals surface area contributed by atoms with Crippen LogP contribution in [0.3, 0.4) is 0 Å². The first-order valence-corrected chi connectivity index (χ1v) is 9.35. The molecule has 0 radical (unpaired) electrons. The largest absolute Gasteiger partial charge is 0.494 e. The molecule has 0 spiro atoms. The van der Waals surface area contributed by atoms with E-state index in [4.69, 9.17) is 14.0 Å². The second-order valence-electron chi connectivity index (χ2n) is 8.70. The molecule has 5 N–H and O–H groups in total. The number of benzene rings is 1. The third kappa shape index (κ3) is 3.15. The van der Waals surface area contributed by atoms with Crippen LogP contribution >= 0.6 is 0 Å². The normalized spacial score (nSPS) is 34.8. The molecule has 1 aliphatic carbocycles. The summed E-state index contributed by atoms with van der Waals surface area (Å²) in [5.74, 6) is -0.826. The second-order valence-corrected chi connectivity index (χ2v) is 8.70. The number of rotatable bonds is 5. The molecule has 1 aromatic carbocycles. The third-order valence-corrected chi connectivity index (χ3v) is 6.36. The summed E-state index contributed by atoms with van der Waals surface area (Å²) in [6.45, 7) is 9.01. The third-order valence-electron chi connectivity index (χ3n) is 6.36. The highest BCUT2D eigenvalue weighted by Crippen LogP contribution is 2.42. The van der Waals surface area contributed by atoms with E-state index in [0.717, 1.165) is 5.46 Å². The summed E-state index contributed by atoms with van der Waals surface area (Å²) in [5.41, 5.74) is -1.67. The molecule has 0 bridgehead atoms. The van der Waals surface area contributed by atoms with Crippen molar-refractivity contribution in [3.8, 4) is 5.75 Å². The van der Waals surface area contributed by atoms with Gasteiger partial charge in [-0.15, -0.1) is 0 Å². The van der Waals surface area contributed by atoms with Crippen molar-refractivity contribution in [2.45, 2.75) is 69.9 Å². The summed E-state index contributed by atoms with van der Waals surface area (Å²) in [6, 6.07) is 5.14. The fourth-order valence-electron chi connectivity index (χ4n) is 3.60. The Morgan fingerprint density at radius 2 is 1.71 bits per heavy atom. The van der Waals surface area contributed by atoms with Crippen LogP contribution in [0.2, 0.25) is 0 Å². The molecule has 1 aromatic rings. The van der Waals surface area contributed by atoms with Crippen molar-refractivity contribution in [3.05, 3.63) is 23.8 Å². The number of hydrogen-bond acceptors (Lipinski definition) is 8. The maximum absolute atomic E-state index is 10.5. The van der Waals surface area contributed by atoms with Crippen molar-refractivity contribution in [2.24, 2.45) is 5.92 Å². The van der Waals surface area contributed by atoms with Gasteiger partial charge >= 0.3 is 7.12 Å². The Kier molecular flexibility index (Phi) is 5.34. The summed E-state index contributed by atoms with van der Waals surface area (Å²) < 4.78 is 17.5. The Morgan fingerprint density at radius 3 is 2.21 bits per heavy atom. The van der Waals surface area contributed by atoms with Crippen LogP contribution in [0.4, 0.5) is 0 Å². The summed E-state index contributed by atoms with van der Waals surface area (Å²) in [6.07, 6.45) is -4.78. The molecule has 28 heavy (non-hydrogen) atoms. The predicted octanol–water partition coefficient (Wildman–Crippen LogP) is -0.934. The van der Waals surface area contributed by atoms with Crippen LogP contribution in [0.15, 0.2) is 18.2 Å². The molecule has 5 unspecified atom stereocenters. The van der Waals surface area contributed by atoms with E-state index in [1.165, 1.54) is 0 Å². The fraction of sp³-hybridized carbons (Fsp3) is 0.684. The lowest BCUT2D eigenvalue weighted by Crippen LogP contribution is -2.76. The van der Waals surface area contributed by atoms with Gasteiger partial charge in [0.15, 0.2) is 5.60 Å². The number of aliphatic hydroxyl groups is 5. The van der Waals surface area contributed by atoms with Gasteiger partial charge in [0.25, 0.3) is 0 Å². The van der Waals surface area contributed by atoms with Crippen LogP contribution in [-0.2, 0) is 9.31 Å². The second kappa shape index (κ2) is 6.95. The SMILES string of the molecule is Cc1cc(B2OC(C)(C)C(C)(C)O2)ccc1OC(O)C1(O)C(O)C(O)C1CO. The molecule has 1 saturated carbocycles. The van der Waals surface area contributed by atoms with Crippen molar-refractivity contribution < 1.29 is 39.6 Å². The molecule has 156 valence electrons.